The summed E-state index contributed by atoms with van der Waals surface area (Å²) in [5, 5.41) is 13.4. The van der Waals surface area contributed by atoms with Crippen LogP contribution < -0.4 is 0 Å². The van der Waals surface area contributed by atoms with E-state index < -0.39 is 0 Å². The third kappa shape index (κ3) is 2.31. The zero-order chi connectivity index (χ0) is 14.9. The maximum atomic E-state index is 5.66. The van der Waals surface area contributed by atoms with Crippen LogP contribution in [0.25, 0.3) is 17.2 Å². The van der Waals surface area contributed by atoms with Gasteiger partial charge in [0.15, 0.2) is 0 Å². The van der Waals surface area contributed by atoms with Gasteiger partial charge in [-0.15, -0.1) is 10.2 Å². The monoisotopic (exact) mass is 311 g/mol. The van der Waals surface area contributed by atoms with Crippen molar-refractivity contribution in [2.24, 2.45) is 0 Å². The van der Waals surface area contributed by atoms with Crippen molar-refractivity contribution in [1.82, 2.24) is 34.8 Å². The maximum absolute atomic E-state index is 5.66. The fraction of sp³-hybridized carbons (Fsp3) is 0.0769. The molecule has 0 amide bonds. The first-order chi connectivity index (χ1) is 10.8. The molecule has 0 aromatic carbocycles. The van der Waals surface area contributed by atoms with Gasteiger partial charge in [0, 0.05) is 18.1 Å². The predicted octanol–water partition coefficient (Wildman–Crippen LogP) is 2.03. The summed E-state index contributed by atoms with van der Waals surface area (Å²) < 4.78 is 7.29. The first-order valence-electron chi connectivity index (χ1n) is 6.39. The van der Waals surface area contributed by atoms with Gasteiger partial charge >= 0.3 is 0 Å². The summed E-state index contributed by atoms with van der Waals surface area (Å²) in [6.45, 7) is 1.90. The van der Waals surface area contributed by atoms with E-state index in [0.29, 0.717) is 16.9 Å². The second-order valence-corrected chi connectivity index (χ2v) is 5.40. The number of fused-ring (bicyclic) bond motifs is 1. The Morgan fingerprint density at radius 1 is 1.27 bits per heavy atom. The molecule has 0 radical (unpaired) electrons. The molecule has 0 atom stereocenters. The van der Waals surface area contributed by atoms with Crippen LogP contribution in [0, 0.1) is 6.92 Å². The SMILES string of the molecule is Cc1cc(Sc2nnc(-c3cccnc3)o2)n2ncnc2n1. The molecule has 4 aromatic heterocycles. The largest absolute Gasteiger partial charge is 0.411 e. The van der Waals surface area contributed by atoms with Gasteiger partial charge in [0.1, 0.15) is 11.4 Å². The molecule has 0 unspecified atom stereocenters. The summed E-state index contributed by atoms with van der Waals surface area (Å²) in [5.74, 6) is 0.964. The van der Waals surface area contributed by atoms with E-state index in [1.54, 1.807) is 16.9 Å². The number of aryl methyl sites for hydroxylation is 1. The molecule has 4 aromatic rings. The molecule has 0 fully saturated rings. The van der Waals surface area contributed by atoms with Crippen LogP contribution in [-0.4, -0.2) is 34.8 Å². The van der Waals surface area contributed by atoms with Crippen molar-refractivity contribution in [3.05, 3.63) is 42.6 Å². The van der Waals surface area contributed by atoms with E-state index in [1.807, 2.05) is 25.1 Å². The van der Waals surface area contributed by atoms with Crippen molar-refractivity contribution in [1.29, 1.82) is 0 Å². The van der Waals surface area contributed by atoms with Crippen molar-refractivity contribution in [3.63, 3.8) is 0 Å². The highest BCUT2D eigenvalue weighted by Gasteiger charge is 2.13. The number of hydrogen-bond donors (Lipinski definition) is 0. The molecule has 0 bridgehead atoms. The summed E-state index contributed by atoms with van der Waals surface area (Å²) >= 11 is 1.31. The van der Waals surface area contributed by atoms with Crippen LogP contribution in [0.1, 0.15) is 5.69 Å². The highest BCUT2D eigenvalue weighted by atomic mass is 32.2. The Hall–Kier alpha value is -2.81. The molecular weight excluding hydrogens is 302 g/mol. The van der Waals surface area contributed by atoms with Gasteiger partial charge in [-0.2, -0.15) is 14.6 Å². The van der Waals surface area contributed by atoms with E-state index >= 15 is 0 Å². The Morgan fingerprint density at radius 3 is 3.09 bits per heavy atom. The molecule has 0 N–H and O–H groups in total. The Bertz CT molecular complexity index is 934. The van der Waals surface area contributed by atoms with E-state index in [0.717, 1.165) is 16.3 Å². The average molecular weight is 311 g/mol. The van der Waals surface area contributed by atoms with Crippen LogP contribution >= 0.6 is 11.8 Å². The van der Waals surface area contributed by atoms with E-state index in [1.165, 1.54) is 18.1 Å². The summed E-state index contributed by atoms with van der Waals surface area (Å²) in [7, 11) is 0. The Balaban J connectivity index is 1.69. The molecule has 22 heavy (non-hydrogen) atoms. The van der Waals surface area contributed by atoms with Crippen molar-refractivity contribution >= 4 is 17.5 Å². The van der Waals surface area contributed by atoms with Crippen molar-refractivity contribution in [2.75, 3.05) is 0 Å². The molecule has 0 saturated carbocycles. The van der Waals surface area contributed by atoms with E-state index in [2.05, 4.69) is 30.2 Å². The number of nitrogens with zero attached hydrogens (tertiary/aromatic N) is 7. The molecule has 0 aliphatic heterocycles. The van der Waals surface area contributed by atoms with Gasteiger partial charge in [0.05, 0.1) is 5.56 Å². The minimum Gasteiger partial charge on any atom is -0.411 e. The molecule has 0 aliphatic carbocycles. The molecule has 0 spiro atoms. The number of pyridine rings is 1. The first kappa shape index (κ1) is 12.9. The van der Waals surface area contributed by atoms with Crippen molar-refractivity contribution < 1.29 is 4.42 Å². The van der Waals surface area contributed by atoms with Crippen molar-refractivity contribution in [3.8, 4) is 11.5 Å². The van der Waals surface area contributed by atoms with Crippen LogP contribution in [-0.2, 0) is 0 Å². The summed E-state index contributed by atoms with van der Waals surface area (Å²) in [4.78, 5) is 12.4. The molecule has 108 valence electrons. The number of rotatable bonds is 3. The fourth-order valence-electron chi connectivity index (χ4n) is 1.92. The van der Waals surface area contributed by atoms with Gasteiger partial charge in [0.25, 0.3) is 11.0 Å². The Labute approximate surface area is 128 Å². The number of hydrogen-bond acceptors (Lipinski definition) is 8. The lowest BCUT2D eigenvalue weighted by Crippen LogP contribution is -1.97. The molecule has 0 aliphatic rings. The smallest absolute Gasteiger partial charge is 0.283 e. The number of aromatic nitrogens is 7. The van der Waals surface area contributed by atoms with Crippen LogP contribution in [0.3, 0.4) is 0 Å². The zero-order valence-electron chi connectivity index (χ0n) is 11.4. The molecule has 8 nitrogen and oxygen atoms in total. The van der Waals surface area contributed by atoms with Crippen LogP contribution in [0.4, 0.5) is 0 Å². The van der Waals surface area contributed by atoms with Crippen LogP contribution in [0.2, 0.25) is 0 Å². The molecule has 0 saturated heterocycles. The van der Waals surface area contributed by atoms with Crippen LogP contribution in [0.15, 0.2) is 51.6 Å². The zero-order valence-corrected chi connectivity index (χ0v) is 12.2. The van der Waals surface area contributed by atoms with Gasteiger partial charge in [0.2, 0.25) is 5.89 Å². The highest BCUT2D eigenvalue weighted by molar-refractivity contribution is 7.99. The summed E-state index contributed by atoms with van der Waals surface area (Å²) in [5.41, 5.74) is 1.62. The molecule has 4 heterocycles. The van der Waals surface area contributed by atoms with E-state index in [9.17, 15) is 0 Å². The van der Waals surface area contributed by atoms with Crippen LogP contribution in [0.5, 0.6) is 0 Å². The summed E-state index contributed by atoms with van der Waals surface area (Å²) in [6, 6.07) is 5.57. The Morgan fingerprint density at radius 2 is 2.23 bits per heavy atom. The Kier molecular flexibility index (Phi) is 3.04. The van der Waals surface area contributed by atoms with Gasteiger partial charge in [-0.05, 0) is 36.9 Å². The lowest BCUT2D eigenvalue weighted by molar-refractivity contribution is 0.465. The molecular formula is C13H9N7OS. The molecule has 4 rings (SSSR count). The van der Waals surface area contributed by atoms with Gasteiger partial charge in [-0.3, -0.25) is 4.98 Å². The fourth-order valence-corrected chi connectivity index (χ4v) is 2.74. The van der Waals surface area contributed by atoms with E-state index in [-0.39, 0.29) is 0 Å². The lowest BCUT2D eigenvalue weighted by Gasteiger charge is -2.01. The third-order valence-electron chi connectivity index (χ3n) is 2.85. The van der Waals surface area contributed by atoms with Gasteiger partial charge in [-0.25, -0.2) is 4.98 Å². The summed E-state index contributed by atoms with van der Waals surface area (Å²) in [6.07, 6.45) is 4.83. The normalized spacial score (nSPS) is 11.1. The standard InChI is InChI=1S/C13H9N7OS/c1-8-5-10(20-12(17-8)15-7-16-20)22-13-19-18-11(21-13)9-3-2-4-14-6-9/h2-7H,1H3. The second kappa shape index (κ2) is 5.19. The van der Waals surface area contributed by atoms with E-state index in [4.69, 9.17) is 4.42 Å². The lowest BCUT2D eigenvalue weighted by atomic mass is 10.3. The highest BCUT2D eigenvalue weighted by Crippen LogP contribution is 2.29. The maximum Gasteiger partial charge on any atom is 0.283 e. The third-order valence-corrected chi connectivity index (χ3v) is 3.69. The second-order valence-electron chi connectivity index (χ2n) is 4.42. The average Bonchev–Trinajstić information content (AvgIpc) is 3.17. The topological polar surface area (TPSA) is 94.9 Å². The minimum atomic E-state index is 0.418. The first-order valence-corrected chi connectivity index (χ1v) is 7.20. The molecule has 9 heteroatoms. The minimum absolute atomic E-state index is 0.418. The van der Waals surface area contributed by atoms with Crippen molar-refractivity contribution in [2.45, 2.75) is 17.2 Å². The predicted molar refractivity (Wildman–Crippen MR) is 77.2 cm³/mol. The van der Waals surface area contributed by atoms with Gasteiger partial charge in [-0.1, -0.05) is 0 Å². The van der Waals surface area contributed by atoms with Gasteiger partial charge < -0.3 is 4.42 Å². The quantitative estimate of drug-likeness (QED) is 0.530.